The summed E-state index contributed by atoms with van der Waals surface area (Å²) in [4.78, 5) is 0. The van der Waals surface area contributed by atoms with Gasteiger partial charge in [-0.2, -0.15) is 0 Å². The Hall–Kier alpha value is -1.30. The molecule has 0 aliphatic heterocycles. The molecule has 0 unspecified atom stereocenters. The Morgan fingerprint density at radius 2 is 0.971 bits per heavy atom. The zero-order chi connectivity index (χ0) is 25.8. The minimum atomic E-state index is -3.50. The summed E-state index contributed by atoms with van der Waals surface area (Å²) in [5.74, 6) is 0. The van der Waals surface area contributed by atoms with Crippen LogP contribution in [-0.2, 0) is 32.9 Å². The van der Waals surface area contributed by atoms with Crippen molar-refractivity contribution in [3.05, 3.63) is 93.9 Å². The fourth-order valence-electron chi connectivity index (χ4n) is 3.14. The molecule has 2 atom stereocenters. The lowest BCUT2D eigenvalue weighted by Gasteiger charge is -2.13. The molecule has 2 rings (SSSR count). The van der Waals surface area contributed by atoms with Crippen LogP contribution in [0.15, 0.2) is 82.8 Å². The van der Waals surface area contributed by atoms with E-state index in [4.69, 9.17) is 10.3 Å². The van der Waals surface area contributed by atoms with Gasteiger partial charge in [0.1, 0.15) is 0 Å². The average molecular weight is 636 g/mol. The highest BCUT2D eigenvalue weighted by atomic mass is 79.9. The van der Waals surface area contributed by atoms with Gasteiger partial charge >= 0.3 is 0 Å². The van der Waals surface area contributed by atoms with Crippen molar-refractivity contribution in [2.75, 3.05) is 0 Å². The number of sulfonamides is 2. The van der Waals surface area contributed by atoms with Gasteiger partial charge in [-0.1, -0.05) is 68.3 Å². The molecule has 0 amide bonds. The molecule has 0 aromatic heterocycles. The number of halogens is 2. The molecule has 0 aliphatic carbocycles. The van der Waals surface area contributed by atoms with Gasteiger partial charge in [0.15, 0.2) is 0 Å². The van der Waals surface area contributed by atoms with E-state index in [1.807, 2.05) is 48.5 Å². The maximum absolute atomic E-state index is 11.4. The molecule has 10 heteroatoms. The Kier molecular flexibility index (Phi) is 13.5. The summed E-state index contributed by atoms with van der Waals surface area (Å²) in [5, 5.41) is 9.37. The Bertz CT molecular complexity index is 1030. The lowest BCUT2D eigenvalue weighted by molar-refractivity contribution is 0.570. The number of benzene rings is 2. The third-order valence-corrected chi connectivity index (χ3v) is 8.79. The molecule has 2 aromatic rings. The maximum atomic E-state index is 11.4. The summed E-state index contributed by atoms with van der Waals surface area (Å²) in [6, 6.07) is 15.2. The van der Waals surface area contributed by atoms with Gasteiger partial charge in [-0.25, -0.2) is 27.1 Å². The van der Waals surface area contributed by atoms with Crippen molar-refractivity contribution in [2.24, 2.45) is 10.3 Å². The first-order valence-electron chi connectivity index (χ1n) is 10.6. The molecule has 0 saturated heterocycles. The van der Waals surface area contributed by atoms with Gasteiger partial charge in [0, 0.05) is 8.95 Å². The fraction of sp³-hybridized carbons (Fsp3) is 0.333. The molecule has 188 valence electrons. The second-order valence-electron chi connectivity index (χ2n) is 7.82. The smallest absolute Gasteiger partial charge is 0.212 e. The molecule has 4 N–H and O–H groups in total. The lowest BCUT2D eigenvalue weighted by Crippen LogP contribution is -2.30. The molecule has 34 heavy (non-hydrogen) atoms. The van der Waals surface area contributed by atoms with Crippen molar-refractivity contribution in [2.45, 2.75) is 49.0 Å². The molecule has 2 aromatic carbocycles. The van der Waals surface area contributed by atoms with Crippen molar-refractivity contribution < 1.29 is 16.8 Å². The Morgan fingerprint density at radius 1 is 0.676 bits per heavy atom. The third kappa shape index (κ3) is 12.4. The van der Waals surface area contributed by atoms with Crippen LogP contribution in [0.4, 0.5) is 0 Å². The molecular formula is C24H32Br2N2O4S2. The third-order valence-electron chi connectivity index (χ3n) is 5.07. The van der Waals surface area contributed by atoms with Gasteiger partial charge < -0.3 is 0 Å². The summed E-state index contributed by atoms with van der Waals surface area (Å²) < 4.78 is 47.7. The largest absolute Gasteiger partial charge is 0.228 e. The first kappa shape index (κ1) is 30.7. The Morgan fingerprint density at radius 3 is 1.21 bits per heavy atom. The van der Waals surface area contributed by atoms with Gasteiger partial charge in [0.25, 0.3) is 0 Å². The number of allylic oxidation sites excluding steroid dienone is 2. The normalized spacial score (nSPS) is 13.3. The molecule has 6 nitrogen and oxygen atoms in total. The standard InChI is InChI=1S/2C12H16BrNO2S/c2*1-2-3-4-12(17(14,15)16)9-10-5-7-11(13)8-6-10/h2*2,5-8,12H,1,3-4,9H2,(H2,14,15,16)/t2*12-/m10/s1. The molecule has 0 heterocycles. The number of rotatable bonds is 12. The number of primary sulfonamides is 2. The SMILES string of the molecule is C=CCC[C@@H](Cc1ccc(Br)cc1)S(N)(=O)=O.C=CCC[C@H](Cc1ccc(Br)cc1)S(N)(=O)=O. The van der Waals surface area contributed by atoms with Gasteiger partial charge in [0.2, 0.25) is 20.0 Å². The van der Waals surface area contributed by atoms with E-state index in [2.05, 4.69) is 45.0 Å². The van der Waals surface area contributed by atoms with E-state index in [0.717, 1.165) is 20.1 Å². The lowest BCUT2D eigenvalue weighted by atomic mass is 10.1. The molecule has 0 radical (unpaired) electrons. The van der Waals surface area contributed by atoms with Crippen molar-refractivity contribution in [1.82, 2.24) is 0 Å². The van der Waals surface area contributed by atoms with Crippen molar-refractivity contribution in [3.8, 4) is 0 Å². The van der Waals surface area contributed by atoms with Crippen LogP contribution in [0, 0.1) is 0 Å². The number of hydrogen-bond acceptors (Lipinski definition) is 4. The fourth-order valence-corrected chi connectivity index (χ4v) is 5.45. The van der Waals surface area contributed by atoms with Gasteiger partial charge in [0.05, 0.1) is 10.5 Å². The number of hydrogen-bond donors (Lipinski definition) is 2. The predicted molar refractivity (Wildman–Crippen MR) is 148 cm³/mol. The van der Waals surface area contributed by atoms with Gasteiger partial charge in [-0.15, -0.1) is 13.2 Å². The van der Waals surface area contributed by atoms with Crippen LogP contribution in [0.5, 0.6) is 0 Å². The summed E-state index contributed by atoms with van der Waals surface area (Å²) in [6.07, 6.45) is 6.63. The summed E-state index contributed by atoms with van der Waals surface area (Å²) in [6.45, 7) is 7.18. The van der Waals surface area contributed by atoms with Crippen molar-refractivity contribution in [1.29, 1.82) is 0 Å². The summed E-state index contributed by atoms with van der Waals surface area (Å²) >= 11 is 6.67. The Balaban J connectivity index is 0.000000340. The van der Waals surface area contributed by atoms with Crippen molar-refractivity contribution in [3.63, 3.8) is 0 Å². The van der Waals surface area contributed by atoms with E-state index >= 15 is 0 Å². The second-order valence-corrected chi connectivity index (χ2v) is 13.3. The zero-order valence-corrected chi connectivity index (χ0v) is 23.8. The van der Waals surface area contributed by atoms with E-state index < -0.39 is 30.5 Å². The van der Waals surface area contributed by atoms with Gasteiger partial charge in [-0.05, 0) is 73.9 Å². The van der Waals surface area contributed by atoms with Crippen LogP contribution in [-0.4, -0.2) is 27.3 Å². The van der Waals surface area contributed by atoms with E-state index in [0.29, 0.717) is 38.5 Å². The van der Waals surface area contributed by atoms with E-state index in [9.17, 15) is 16.8 Å². The quantitative estimate of drug-likeness (QED) is 0.310. The molecular weight excluding hydrogens is 604 g/mol. The van der Waals surface area contributed by atoms with E-state index in [-0.39, 0.29) is 0 Å². The maximum Gasteiger partial charge on any atom is 0.212 e. The predicted octanol–water partition coefficient (Wildman–Crippen LogP) is 5.23. The Labute approximate surface area is 220 Å². The molecule has 0 spiro atoms. The van der Waals surface area contributed by atoms with Crippen LogP contribution in [0.1, 0.15) is 36.8 Å². The van der Waals surface area contributed by atoms with Crippen molar-refractivity contribution >= 4 is 51.9 Å². The highest BCUT2D eigenvalue weighted by Gasteiger charge is 2.21. The van der Waals surface area contributed by atoms with Crippen LogP contribution in [0.2, 0.25) is 0 Å². The molecule has 0 aliphatic rings. The average Bonchev–Trinajstić information content (AvgIpc) is 2.75. The minimum absolute atomic E-state index is 0.444. The second kappa shape index (κ2) is 15.0. The van der Waals surface area contributed by atoms with Crippen LogP contribution < -0.4 is 10.3 Å². The van der Waals surface area contributed by atoms with Crippen LogP contribution in [0.25, 0.3) is 0 Å². The van der Waals surface area contributed by atoms with E-state index in [1.165, 1.54) is 0 Å². The van der Waals surface area contributed by atoms with Crippen LogP contribution in [0.3, 0.4) is 0 Å². The molecule has 0 bridgehead atoms. The highest BCUT2D eigenvalue weighted by Crippen LogP contribution is 2.17. The zero-order valence-electron chi connectivity index (χ0n) is 18.9. The topological polar surface area (TPSA) is 120 Å². The van der Waals surface area contributed by atoms with Crippen LogP contribution >= 0.6 is 31.9 Å². The summed E-state index contributed by atoms with van der Waals surface area (Å²) in [5.41, 5.74) is 1.94. The monoisotopic (exact) mass is 634 g/mol. The first-order valence-corrected chi connectivity index (χ1v) is 15.4. The van der Waals surface area contributed by atoms with E-state index in [1.54, 1.807) is 12.2 Å². The molecule has 0 fully saturated rings. The summed E-state index contributed by atoms with van der Waals surface area (Å²) in [7, 11) is -7.01. The number of nitrogens with two attached hydrogens (primary N) is 2. The molecule has 0 saturated carbocycles. The first-order chi connectivity index (χ1) is 15.9. The van der Waals surface area contributed by atoms with Gasteiger partial charge in [-0.3, -0.25) is 0 Å². The highest BCUT2D eigenvalue weighted by molar-refractivity contribution is 9.10. The minimum Gasteiger partial charge on any atom is -0.228 e.